The molecule has 0 bridgehead atoms. The Hall–Kier alpha value is -1.23. The molecule has 1 fully saturated rings. The number of aryl methyl sites for hydroxylation is 1. The number of unbranched alkanes of at least 4 members (excludes halogenated alkanes) is 5. The van der Waals surface area contributed by atoms with Crippen LogP contribution in [0.5, 0.6) is 0 Å². The molecule has 0 unspecified atom stereocenters. The van der Waals surface area contributed by atoms with Gasteiger partial charge in [0, 0.05) is 28.2 Å². The first-order chi connectivity index (χ1) is 13.8. The summed E-state index contributed by atoms with van der Waals surface area (Å²) in [5, 5.41) is 0. The Morgan fingerprint density at radius 1 is 0.929 bits per heavy atom. The average molecular weight is 402 g/mol. The maximum absolute atomic E-state index is 6.01. The van der Waals surface area contributed by atoms with Gasteiger partial charge < -0.3 is 9.47 Å². The molecule has 0 radical (unpaired) electrons. The van der Waals surface area contributed by atoms with E-state index in [0.29, 0.717) is 5.92 Å². The first kappa shape index (κ1) is 21.5. The van der Waals surface area contributed by atoms with E-state index in [4.69, 9.17) is 9.47 Å². The largest absolute Gasteiger partial charge is 0.347 e. The monoisotopic (exact) mass is 401 g/mol. The van der Waals surface area contributed by atoms with Crippen molar-refractivity contribution in [3.63, 3.8) is 0 Å². The van der Waals surface area contributed by atoms with Crippen LogP contribution in [-0.2, 0) is 15.9 Å². The number of nitrogens with zero attached hydrogens (tertiary/aromatic N) is 1. The van der Waals surface area contributed by atoms with E-state index >= 15 is 0 Å². The number of aromatic nitrogens is 1. The molecule has 1 aliphatic rings. The second kappa shape index (κ2) is 11.7. The highest BCUT2D eigenvalue weighted by atomic mass is 32.1. The molecule has 1 aliphatic heterocycles. The van der Waals surface area contributed by atoms with Crippen molar-refractivity contribution in [2.45, 2.75) is 77.9 Å². The topological polar surface area (TPSA) is 31.4 Å². The first-order valence-corrected chi connectivity index (χ1v) is 11.9. The van der Waals surface area contributed by atoms with Crippen molar-refractivity contribution in [2.24, 2.45) is 5.92 Å². The fourth-order valence-corrected chi connectivity index (χ4v) is 4.64. The molecule has 4 heteroatoms. The molecule has 1 saturated heterocycles. The van der Waals surface area contributed by atoms with Gasteiger partial charge in [-0.1, -0.05) is 58.4 Å². The van der Waals surface area contributed by atoms with Crippen molar-refractivity contribution >= 4 is 11.3 Å². The van der Waals surface area contributed by atoms with Crippen molar-refractivity contribution in [1.29, 1.82) is 0 Å². The summed E-state index contributed by atoms with van der Waals surface area (Å²) >= 11 is 1.76. The van der Waals surface area contributed by atoms with E-state index in [-0.39, 0.29) is 6.29 Å². The van der Waals surface area contributed by atoms with Crippen LogP contribution >= 0.6 is 11.3 Å². The number of thiophene rings is 1. The molecule has 0 amide bonds. The quantitative estimate of drug-likeness (QED) is 0.374. The zero-order valence-corrected chi connectivity index (χ0v) is 18.3. The molecule has 3 nitrogen and oxygen atoms in total. The van der Waals surface area contributed by atoms with Crippen LogP contribution in [0.1, 0.15) is 82.1 Å². The Labute approximate surface area is 174 Å². The molecular weight excluding hydrogens is 366 g/mol. The van der Waals surface area contributed by atoms with Crippen LogP contribution in [-0.4, -0.2) is 18.2 Å². The Balaban J connectivity index is 1.49. The van der Waals surface area contributed by atoms with E-state index in [9.17, 15) is 0 Å². The van der Waals surface area contributed by atoms with Crippen LogP contribution in [0.2, 0.25) is 0 Å². The fraction of sp³-hybridized carbons (Fsp3) is 0.625. The third kappa shape index (κ3) is 6.40. The molecule has 0 saturated carbocycles. The van der Waals surface area contributed by atoms with E-state index in [1.807, 2.05) is 6.20 Å². The Morgan fingerprint density at radius 3 is 2.43 bits per heavy atom. The minimum Gasteiger partial charge on any atom is -0.347 e. The zero-order valence-electron chi connectivity index (χ0n) is 17.5. The van der Waals surface area contributed by atoms with Gasteiger partial charge in [-0.25, -0.2) is 0 Å². The Kier molecular flexibility index (Phi) is 8.97. The predicted octanol–water partition coefficient (Wildman–Crippen LogP) is 7.17. The second-order valence-corrected chi connectivity index (χ2v) is 9.03. The highest BCUT2D eigenvalue weighted by Gasteiger charge is 2.24. The third-order valence-electron chi connectivity index (χ3n) is 5.44. The van der Waals surface area contributed by atoms with Gasteiger partial charge in [0.2, 0.25) is 0 Å². The van der Waals surface area contributed by atoms with Gasteiger partial charge in [-0.15, -0.1) is 11.3 Å². The smallest absolute Gasteiger partial charge is 0.193 e. The molecule has 0 spiro atoms. The molecule has 2 aromatic heterocycles. The van der Waals surface area contributed by atoms with Gasteiger partial charge in [-0.05, 0) is 37.5 Å². The molecule has 0 aliphatic carbocycles. The Bertz CT molecular complexity index is 674. The maximum Gasteiger partial charge on any atom is 0.193 e. The minimum atomic E-state index is -0.202. The first-order valence-electron chi connectivity index (χ1n) is 11.1. The van der Waals surface area contributed by atoms with Crippen LogP contribution < -0.4 is 0 Å². The lowest BCUT2D eigenvalue weighted by atomic mass is 10.0. The minimum absolute atomic E-state index is 0.202. The van der Waals surface area contributed by atoms with Crippen LogP contribution in [0.4, 0.5) is 0 Å². The van der Waals surface area contributed by atoms with Gasteiger partial charge in [0.15, 0.2) is 6.29 Å². The molecule has 0 N–H and O–H groups in total. The summed E-state index contributed by atoms with van der Waals surface area (Å²) < 4.78 is 12.0. The van der Waals surface area contributed by atoms with Gasteiger partial charge >= 0.3 is 0 Å². The van der Waals surface area contributed by atoms with Gasteiger partial charge in [-0.2, -0.15) is 0 Å². The standard InChI is InChI=1S/C24H35NO2S/c1-3-5-7-9-11-21-13-12-20(16-25-21)22-14-15-23(28-22)24-26-17-19(18-27-24)10-8-6-4-2/h12-16,19,24H,3-11,17-18H2,1-2H3. The zero-order chi connectivity index (χ0) is 19.6. The molecule has 3 heterocycles. The summed E-state index contributed by atoms with van der Waals surface area (Å²) in [6.45, 7) is 6.12. The predicted molar refractivity (Wildman–Crippen MR) is 118 cm³/mol. The van der Waals surface area contributed by atoms with Crippen molar-refractivity contribution in [3.05, 3.63) is 41.0 Å². The number of ether oxygens (including phenoxy) is 2. The molecule has 154 valence electrons. The van der Waals surface area contributed by atoms with E-state index in [0.717, 1.165) is 24.5 Å². The molecular formula is C24H35NO2S. The number of rotatable bonds is 11. The summed E-state index contributed by atoms with van der Waals surface area (Å²) in [6, 6.07) is 8.68. The number of hydrogen-bond acceptors (Lipinski definition) is 4. The molecule has 2 aromatic rings. The molecule has 3 rings (SSSR count). The molecule has 0 atom stereocenters. The lowest BCUT2D eigenvalue weighted by Gasteiger charge is -2.28. The van der Waals surface area contributed by atoms with E-state index < -0.39 is 0 Å². The molecule has 28 heavy (non-hydrogen) atoms. The van der Waals surface area contributed by atoms with Gasteiger partial charge in [0.25, 0.3) is 0 Å². The lowest BCUT2D eigenvalue weighted by Crippen LogP contribution is -2.26. The maximum atomic E-state index is 6.01. The summed E-state index contributed by atoms with van der Waals surface area (Å²) in [5.41, 5.74) is 2.38. The van der Waals surface area contributed by atoms with Crippen molar-refractivity contribution < 1.29 is 9.47 Å². The van der Waals surface area contributed by atoms with E-state index in [1.165, 1.54) is 67.5 Å². The van der Waals surface area contributed by atoms with Crippen LogP contribution in [0.25, 0.3) is 10.4 Å². The van der Waals surface area contributed by atoms with Crippen molar-refractivity contribution in [2.75, 3.05) is 13.2 Å². The summed E-state index contributed by atoms with van der Waals surface area (Å²) in [6.07, 6.45) is 13.1. The second-order valence-electron chi connectivity index (χ2n) is 7.91. The van der Waals surface area contributed by atoms with Crippen molar-refractivity contribution in [1.82, 2.24) is 4.98 Å². The SMILES string of the molecule is CCCCCCc1ccc(-c2ccc(C3OCC(CCCCC)CO3)s2)cn1. The third-order valence-corrected chi connectivity index (χ3v) is 6.59. The highest BCUT2D eigenvalue weighted by molar-refractivity contribution is 7.15. The van der Waals surface area contributed by atoms with Crippen molar-refractivity contribution in [3.8, 4) is 10.4 Å². The average Bonchev–Trinajstić information content (AvgIpc) is 3.23. The van der Waals surface area contributed by atoms with Crippen LogP contribution in [0.3, 0.4) is 0 Å². The Morgan fingerprint density at radius 2 is 1.71 bits per heavy atom. The normalized spacial score (nSPS) is 19.8. The van der Waals surface area contributed by atoms with Gasteiger partial charge in [0.05, 0.1) is 18.1 Å². The van der Waals surface area contributed by atoms with Gasteiger partial charge in [0.1, 0.15) is 0 Å². The number of pyridine rings is 1. The fourth-order valence-electron chi connectivity index (χ4n) is 3.64. The summed E-state index contributed by atoms with van der Waals surface area (Å²) in [4.78, 5) is 7.06. The van der Waals surface area contributed by atoms with Crippen LogP contribution in [0.15, 0.2) is 30.5 Å². The summed E-state index contributed by atoms with van der Waals surface area (Å²) in [5.74, 6) is 0.552. The van der Waals surface area contributed by atoms with E-state index in [2.05, 4.69) is 43.1 Å². The van der Waals surface area contributed by atoms with Crippen LogP contribution in [0, 0.1) is 5.92 Å². The van der Waals surface area contributed by atoms with Gasteiger partial charge in [-0.3, -0.25) is 4.98 Å². The summed E-state index contributed by atoms with van der Waals surface area (Å²) in [7, 11) is 0. The number of hydrogen-bond donors (Lipinski definition) is 0. The molecule has 0 aromatic carbocycles. The van der Waals surface area contributed by atoms with E-state index in [1.54, 1.807) is 11.3 Å². The highest BCUT2D eigenvalue weighted by Crippen LogP contribution is 2.35. The lowest BCUT2D eigenvalue weighted by molar-refractivity contribution is -0.204.